The summed E-state index contributed by atoms with van der Waals surface area (Å²) >= 11 is 1.11. The SMILES string of the molecule is CC1(C)OC2C(COP(=O)(NCc3ccccc3)OCCSC(=O)C(C)(C)C)OCC2(N/C=C\C=C(/C=O)C(N)=O)O1. The molecule has 2 saturated heterocycles. The van der Waals surface area contributed by atoms with Gasteiger partial charge in [-0.3, -0.25) is 23.4 Å². The Kier molecular flexibility index (Phi) is 11.7. The third kappa shape index (κ3) is 9.58. The van der Waals surface area contributed by atoms with Crippen LogP contribution in [0.15, 0.2) is 54.3 Å². The van der Waals surface area contributed by atoms with Gasteiger partial charge in [0.25, 0.3) is 5.91 Å². The maximum Gasteiger partial charge on any atom is 0.405 e. The van der Waals surface area contributed by atoms with Crippen molar-refractivity contribution in [1.29, 1.82) is 0 Å². The van der Waals surface area contributed by atoms with E-state index >= 15 is 0 Å². The quantitative estimate of drug-likeness (QED) is 0.0497. The molecule has 12 nitrogen and oxygen atoms in total. The van der Waals surface area contributed by atoms with Gasteiger partial charge in [-0.05, 0) is 37.8 Å². The second-order valence-corrected chi connectivity index (χ2v) is 14.1. The van der Waals surface area contributed by atoms with Gasteiger partial charge in [0.15, 0.2) is 22.9 Å². The summed E-state index contributed by atoms with van der Waals surface area (Å²) in [6.45, 7) is 9.16. The zero-order valence-corrected chi connectivity index (χ0v) is 26.2. The zero-order chi connectivity index (χ0) is 31.0. The molecule has 0 saturated carbocycles. The Morgan fingerprint density at radius 1 is 1.21 bits per heavy atom. The first-order valence-electron chi connectivity index (χ1n) is 13.4. The summed E-state index contributed by atoms with van der Waals surface area (Å²) in [5.74, 6) is -1.52. The lowest BCUT2D eigenvalue weighted by atomic mass is 10.00. The van der Waals surface area contributed by atoms with Gasteiger partial charge in [0.2, 0.25) is 0 Å². The normalized spacial score (nSPS) is 25.2. The maximum absolute atomic E-state index is 13.8. The van der Waals surface area contributed by atoms with Gasteiger partial charge in [-0.25, -0.2) is 9.65 Å². The van der Waals surface area contributed by atoms with E-state index in [0.717, 1.165) is 17.3 Å². The molecule has 0 aromatic heterocycles. The molecule has 3 rings (SSSR count). The van der Waals surface area contributed by atoms with Crippen molar-refractivity contribution in [3.05, 3.63) is 59.8 Å². The van der Waals surface area contributed by atoms with E-state index in [1.807, 2.05) is 51.1 Å². The molecule has 4 N–H and O–H groups in total. The Bertz CT molecular complexity index is 1220. The number of rotatable bonds is 15. The molecule has 42 heavy (non-hydrogen) atoms. The highest BCUT2D eigenvalue weighted by Gasteiger charge is 2.61. The van der Waals surface area contributed by atoms with Crippen LogP contribution in [0.4, 0.5) is 0 Å². The van der Waals surface area contributed by atoms with Gasteiger partial charge in [0.05, 0.1) is 25.4 Å². The molecule has 0 bridgehead atoms. The molecule has 1 aromatic rings. The number of carbonyl (C=O) groups excluding carboxylic acids is 3. The van der Waals surface area contributed by atoms with Crippen molar-refractivity contribution in [2.45, 2.75) is 64.9 Å². The topological polar surface area (TPSA) is 165 Å². The summed E-state index contributed by atoms with van der Waals surface area (Å²) < 4.78 is 43.5. The fourth-order valence-corrected chi connectivity index (χ4v) is 6.35. The van der Waals surface area contributed by atoms with Crippen LogP contribution in [0.5, 0.6) is 0 Å². The van der Waals surface area contributed by atoms with Gasteiger partial charge in [-0.2, -0.15) is 0 Å². The highest BCUT2D eigenvalue weighted by molar-refractivity contribution is 8.13. The Labute approximate surface area is 250 Å². The van der Waals surface area contributed by atoms with Crippen LogP contribution in [-0.4, -0.2) is 66.6 Å². The summed E-state index contributed by atoms with van der Waals surface area (Å²) in [5, 5.41) is 6.00. The molecule has 0 radical (unpaired) electrons. The third-order valence-corrected chi connectivity index (χ3v) is 8.98. The number of thioether (sulfide) groups is 1. The van der Waals surface area contributed by atoms with Crippen molar-refractivity contribution in [3.63, 3.8) is 0 Å². The Morgan fingerprint density at radius 2 is 1.93 bits per heavy atom. The Balaban J connectivity index is 1.67. The van der Waals surface area contributed by atoms with Crippen molar-refractivity contribution in [1.82, 2.24) is 10.4 Å². The predicted molar refractivity (Wildman–Crippen MR) is 158 cm³/mol. The molecule has 2 heterocycles. The van der Waals surface area contributed by atoms with Crippen LogP contribution in [0.3, 0.4) is 0 Å². The molecule has 2 aliphatic heterocycles. The fourth-order valence-electron chi connectivity index (χ4n) is 4.13. The Hall–Kier alpha value is -2.35. The Morgan fingerprint density at radius 3 is 2.57 bits per heavy atom. The highest BCUT2D eigenvalue weighted by atomic mass is 32.2. The van der Waals surface area contributed by atoms with E-state index in [4.69, 9.17) is 29.0 Å². The molecule has 1 aromatic carbocycles. The number of nitrogens with one attached hydrogen (secondary N) is 2. The second-order valence-electron chi connectivity index (χ2n) is 11.2. The molecule has 0 aliphatic carbocycles. The fraction of sp³-hybridized carbons (Fsp3) is 0.536. The number of allylic oxidation sites excluding steroid dienone is 2. The van der Waals surface area contributed by atoms with Crippen LogP contribution in [-0.2, 0) is 48.8 Å². The van der Waals surface area contributed by atoms with Crippen LogP contribution in [0, 0.1) is 5.41 Å². The van der Waals surface area contributed by atoms with Gasteiger partial charge in [0.1, 0.15) is 12.2 Å². The number of benzene rings is 1. The monoisotopic (exact) mass is 625 g/mol. The number of ether oxygens (including phenoxy) is 3. The number of nitrogens with two attached hydrogens (primary N) is 1. The van der Waals surface area contributed by atoms with E-state index in [9.17, 15) is 18.9 Å². The lowest BCUT2D eigenvalue weighted by Gasteiger charge is -2.27. The lowest BCUT2D eigenvalue weighted by Crippen LogP contribution is -2.52. The maximum atomic E-state index is 13.8. The van der Waals surface area contributed by atoms with Gasteiger partial charge in [-0.1, -0.05) is 62.9 Å². The summed E-state index contributed by atoms with van der Waals surface area (Å²) in [6, 6.07) is 9.38. The molecule has 0 spiro atoms. The van der Waals surface area contributed by atoms with E-state index in [1.54, 1.807) is 13.8 Å². The number of amides is 1. The van der Waals surface area contributed by atoms with Crippen LogP contribution >= 0.6 is 19.5 Å². The molecule has 2 aliphatic rings. The first-order chi connectivity index (χ1) is 19.7. The first kappa shape index (κ1) is 34.1. The van der Waals surface area contributed by atoms with Gasteiger partial charge in [0, 0.05) is 17.7 Å². The number of primary amides is 1. The van der Waals surface area contributed by atoms with Crippen molar-refractivity contribution in [3.8, 4) is 0 Å². The lowest BCUT2D eigenvalue weighted by molar-refractivity contribution is -0.194. The summed E-state index contributed by atoms with van der Waals surface area (Å²) in [5.41, 5.74) is 4.22. The van der Waals surface area contributed by atoms with Crippen molar-refractivity contribution >= 4 is 36.8 Å². The number of fused-ring (bicyclic) bond motifs is 1. The molecule has 4 unspecified atom stereocenters. The number of hydrogen-bond donors (Lipinski definition) is 3. The standard InChI is InChI=1S/C28H40N3O9PS/c1-26(2,3)25(34)42-15-14-37-41(35,31-16-20-10-7-6-8-11-20)38-18-22-23-28(19-36-22,40-27(4,5)39-23)30-13-9-12-21(17-32)24(29)33/h6-13,17,22-23,30H,14-16,18-19H2,1-5H3,(H2,29,33)(H,31,35)/b13-9-,21-12+. The number of hydrogen-bond acceptors (Lipinski definition) is 11. The highest BCUT2D eigenvalue weighted by Crippen LogP contribution is 2.47. The average molecular weight is 626 g/mol. The number of aldehydes is 1. The average Bonchev–Trinajstić information content (AvgIpc) is 3.38. The smallest absolute Gasteiger partial charge is 0.368 e. The van der Waals surface area contributed by atoms with E-state index in [1.165, 1.54) is 18.4 Å². The van der Waals surface area contributed by atoms with E-state index < -0.39 is 42.8 Å². The van der Waals surface area contributed by atoms with E-state index in [0.29, 0.717) is 12.0 Å². The largest absolute Gasteiger partial charge is 0.405 e. The summed E-state index contributed by atoms with van der Waals surface area (Å²) in [6.07, 6.45) is 3.20. The van der Waals surface area contributed by atoms with Crippen LogP contribution < -0.4 is 16.1 Å². The van der Waals surface area contributed by atoms with Crippen LogP contribution in [0.25, 0.3) is 0 Å². The van der Waals surface area contributed by atoms with Crippen LogP contribution in [0.1, 0.15) is 40.2 Å². The third-order valence-electron chi connectivity index (χ3n) is 6.18. The molecular weight excluding hydrogens is 585 g/mol. The van der Waals surface area contributed by atoms with Crippen molar-refractivity contribution in [2.75, 3.05) is 25.6 Å². The summed E-state index contributed by atoms with van der Waals surface area (Å²) in [7, 11) is -3.85. The zero-order valence-electron chi connectivity index (χ0n) is 24.5. The molecule has 14 heteroatoms. The molecule has 232 valence electrons. The summed E-state index contributed by atoms with van der Waals surface area (Å²) in [4.78, 5) is 34.5. The van der Waals surface area contributed by atoms with Gasteiger partial charge < -0.3 is 25.3 Å². The molecule has 4 atom stereocenters. The second kappa shape index (κ2) is 14.4. The van der Waals surface area contributed by atoms with Crippen molar-refractivity contribution < 1.29 is 42.2 Å². The van der Waals surface area contributed by atoms with Gasteiger partial charge in [-0.15, -0.1) is 0 Å². The minimum atomic E-state index is -3.85. The molecular formula is C28H40N3O9PS. The minimum Gasteiger partial charge on any atom is -0.368 e. The first-order valence-corrected chi connectivity index (χ1v) is 16.0. The number of carbonyl (C=O) groups is 3. The predicted octanol–water partition coefficient (Wildman–Crippen LogP) is 3.18. The van der Waals surface area contributed by atoms with Gasteiger partial charge >= 0.3 is 7.75 Å². The van der Waals surface area contributed by atoms with Crippen LogP contribution in [0.2, 0.25) is 0 Å². The molecule has 1 amide bonds. The molecule has 2 fully saturated rings. The van der Waals surface area contributed by atoms with Crippen molar-refractivity contribution in [2.24, 2.45) is 11.1 Å². The van der Waals surface area contributed by atoms with E-state index in [2.05, 4.69) is 10.4 Å². The minimum absolute atomic E-state index is 0.00448. The van der Waals surface area contributed by atoms with E-state index in [-0.39, 0.29) is 37.1 Å².